The van der Waals surface area contributed by atoms with Gasteiger partial charge in [-0.3, -0.25) is 52.7 Å². The molecular weight excluding hydrogens is 1130 g/mol. The summed E-state index contributed by atoms with van der Waals surface area (Å²) in [7, 11) is 9.40. The highest BCUT2D eigenvalue weighted by molar-refractivity contribution is 6.00. The lowest BCUT2D eigenvalue weighted by Gasteiger charge is -2.41. The Balaban J connectivity index is 4.45. The van der Waals surface area contributed by atoms with E-state index in [4.69, 9.17) is 0 Å². The van der Waals surface area contributed by atoms with Gasteiger partial charge in [-0.25, -0.2) is 0 Å². The molecule has 13 atom stereocenters. The number of aliphatic hydroxyl groups excluding tert-OH is 2. The molecule has 0 aromatic heterocycles. The molecule has 1 heterocycles. The van der Waals surface area contributed by atoms with E-state index in [0.29, 0.717) is 0 Å². The van der Waals surface area contributed by atoms with E-state index in [1.807, 2.05) is 41.5 Å². The van der Waals surface area contributed by atoms with E-state index < -0.39 is 174 Å². The van der Waals surface area contributed by atoms with E-state index in [-0.39, 0.29) is 49.9 Å². The molecule has 88 heavy (non-hydrogen) atoms. The zero-order valence-corrected chi connectivity index (χ0v) is 57.5. The summed E-state index contributed by atoms with van der Waals surface area (Å²) in [6.45, 7) is 27.4. The van der Waals surface area contributed by atoms with E-state index in [9.17, 15) is 58.5 Å². The van der Waals surface area contributed by atoms with Crippen LogP contribution in [0, 0.1) is 35.5 Å². The minimum Gasteiger partial charge on any atom is -0.394 e. The number of nitrogens with zero attached hydrogens (tertiary/aromatic N) is 7. The van der Waals surface area contributed by atoms with E-state index in [1.165, 1.54) is 91.7 Å². The fourth-order valence-corrected chi connectivity index (χ4v) is 11.0. The molecule has 504 valence electrons. The summed E-state index contributed by atoms with van der Waals surface area (Å²) in [5.41, 5.74) is -1.62. The summed E-state index contributed by atoms with van der Waals surface area (Å²) >= 11 is 0. The number of allylic oxidation sites excluding steroid dienone is 2. The number of likely N-dealkylation sites (N-methyl/N-ethyl adjacent to an activating group) is 7. The van der Waals surface area contributed by atoms with Crippen molar-refractivity contribution >= 4 is 65.0 Å². The minimum absolute atomic E-state index is 0.0987. The molecule has 1 aliphatic rings. The lowest BCUT2D eigenvalue weighted by Crippen LogP contribution is -2.64. The fourth-order valence-electron chi connectivity index (χ4n) is 11.0. The summed E-state index contributed by atoms with van der Waals surface area (Å²) in [6.07, 6.45) is 2.07. The first-order valence-electron chi connectivity index (χ1n) is 31.2. The van der Waals surface area contributed by atoms with Gasteiger partial charge < -0.3 is 70.9 Å². The maximum absolute atomic E-state index is 15.2. The zero-order chi connectivity index (χ0) is 68.5. The Morgan fingerprint density at radius 2 is 0.886 bits per heavy atom. The summed E-state index contributed by atoms with van der Waals surface area (Å²) in [4.78, 5) is 169. The van der Waals surface area contributed by atoms with Crippen LogP contribution in [0.2, 0.25) is 0 Å². The molecule has 1 saturated heterocycles. The van der Waals surface area contributed by atoms with Gasteiger partial charge in [-0.2, -0.15) is 0 Å². The van der Waals surface area contributed by atoms with Crippen molar-refractivity contribution in [3.8, 4) is 0 Å². The Kier molecular flexibility index (Phi) is 32.0. The van der Waals surface area contributed by atoms with Gasteiger partial charge in [-0.15, -0.1) is 0 Å². The highest BCUT2D eigenvalue weighted by Gasteiger charge is 2.46. The predicted molar refractivity (Wildman–Crippen MR) is 336 cm³/mol. The molecule has 0 bridgehead atoms. The maximum Gasteiger partial charge on any atom is 0.248 e. The first-order chi connectivity index (χ1) is 40.5. The second-order valence-electron chi connectivity index (χ2n) is 26.9. The molecule has 1 fully saturated rings. The van der Waals surface area contributed by atoms with Crippen molar-refractivity contribution in [1.82, 2.24) is 55.6 Å². The number of aliphatic hydroxyl groups is 3. The van der Waals surface area contributed by atoms with Crippen LogP contribution in [0.15, 0.2) is 12.2 Å². The number of nitrogens with one attached hydrogen (secondary N) is 4. The number of hydrogen-bond donors (Lipinski definition) is 7. The Labute approximate surface area is 524 Å². The van der Waals surface area contributed by atoms with E-state index >= 15 is 9.59 Å². The molecule has 1 rings (SSSR count). The molecule has 7 N–H and O–H groups in total. The van der Waals surface area contributed by atoms with Crippen LogP contribution in [0.1, 0.15) is 156 Å². The topological polar surface area (TPSA) is 319 Å². The number of rotatable bonds is 16. The highest BCUT2D eigenvalue weighted by Crippen LogP contribution is 2.26. The van der Waals surface area contributed by atoms with E-state index in [2.05, 4.69) is 21.3 Å². The van der Waals surface area contributed by atoms with Crippen LogP contribution in [0.5, 0.6) is 0 Å². The fraction of sp³-hybridized carbons (Fsp3) is 0.794. The van der Waals surface area contributed by atoms with Crippen LogP contribution in [-0.2, 0) is 52.7 Å². The third-order valence-electron chi connectivity index (χ3n) is 16.6. The van der Waals surface area contributed by atoms with E-state index in [1.54, 1.807) is 60.6 Å². The summed E-state index contributed by atoms with van der Waals surface area (Å²) in [6, 6.07) is -15.1. The van der Waals surface area contributed by atoms with Crippen LogP contribution in [0.4, 0.5) is 0 Å². The van der Waals surface area contributed by atoms with Crippen LogP contribution in [0.3, 0.4) is 0 Å². The van der Waals surface area contributed by atoms with Gasteiger partial charge in [0.05, 0.1) is 18.3 Å². The van der Waals surface area contributed by atoms with Gasteiger partial charge in [-0.1, -0.05) is 95.2 Å². The number of carbonyl (C=O) groups excluding carboxylic acids is 11. The molecule has 0 aromatic carbocycles. The standard InChI is InChI=1S/C63H113N11O14/c1-25-27-28-39(13)51(76)50-55(80)66-42(26-2)57(82)72(22)47(33-75)60(85)71(21)46(32-63(16,17)88)54(79)67-48(37(9)10)61(86)68(18)43(29-34(3)4)53(78)64-40(14)52(77)65-41(15)56(81)69(19)44(30-35(5)6)58(83)70(20)45(31-36(7)8)59(84)73(23)49(38(11)12)62(87)74(50)24/h25,27,34-51,75-76,88H,26,28-33H2,1-24H3,(H,64,78)(H,65,77)(H,66,80)(H,67,79)/b27-25+/t39-,40+,41-,42+,43+,44+,45+,46+,47+,48+,49+,50+,51-/m1/s1. The molecule has 25 heteroatoms. The third-order valence-corrected chi connectivity index (χ3v) is 16.6. The third kappa shape index (κ3) is 21.8. The normalized spacial score (nSPS) is 27.4. The zero-order valence-electron chi connectivity index (χ0n) is 57.5. The minimum atomic E-state index is -1.70. The van der Waals surface area contributed by atoms with Gasteiger partial charge in [0.1, 0.15) is 66.5 Å². The molecule has 0 aliphatic carbocycles. The van der Waals surface area contributed by atoms with Gasteiger partial charge in [0, 0.05) is 55.8 Å². The Morgan fingerprint density at radius 1 is 0.477 bits per heavy atom. The van der Waals surface area contributed by atoms with Gasteiger partial charge in [-0.05, 0) is 102 Å². The molecule has 25 nitrogen and oxygen atoms in total. The van der Waals surface area contributed by atoms with Gasteiger partial charge in [0.15, 0.2) is 0 Å². The first kappa shape index (κ1) is 79.8. The largest absolute Gasteiger partial charge is 0.394 e. The molecule has 11 amide bonds. The Morgan fingerprint density at radius 3 is 1.33 bits per heavy atom. The van der Waals surface area contributed by atoms with Crippen molar-refractivity contribution in [3.63, 3.8) is 0 Å². The second-order valence-corrected chi connectivity index (χ2v) is 26.9. The molecule has 0 aromatic rings. The summed E-state index contributed by atoms with van der Waals surface area (Å²) in [5, 5.41) is 44.9. The quantitative estimate of drug-likeness (QED) is 0.108. The monoisotopic (exact) mass is 1250 g/mol. The van der Waals surface area contributed by atoms with Crippen molar-refractivity contribution < 1.29 is 68.1 Å². The summed E-state index contributed by atoms with van der Waals surface area (Å²) < 4.78 is 0. The summed E-state index contributed by atoms with van der Waals surface area (Å²) in [5.74, 6) is -11.1. The smallest absolute Gasteiger partial charge is 0.248 e. The highest BCUT2D eigenvalue weighted by atomic mass is 16.3. The average Bonchev–Trinajstić information content (AvgIpc) is 2.21. The molecule has 0 spiro atoms. The van der Waals surface area contributed by atoms with Crippen molar-refractivity contribution in [2.75, 3.05) is 55.9 Å². The van der Waals surface area contributed by atoms with Crippen molar-refractivity contribution in [1.29, 1.82) is 0 Å². The van der Waals surface area contributed by atoms with Gasteiger partial charge >= 0.3 is 0 Å². The molecular formula is C63H113N11O14. The molecule has 0 saturated carbocycles. The predicted octanol–water partition coefficient (Wildman–Crippen LogP) is 1.74. The van der Waals surface area contributed by atoms with Crippen LogP contribution < -0.4 is 21.3 Å². The molecule has 0 radical (unpaired) electrons. The lowest BCUT2D eigenvalue weighted by molar-refractivity contribution is -0.157. The lowest BCUT2D eigenvalue weighted by atomic mass is 9.91. The van der Waals surface area contributed by atoms with Crippen LogP contribution in [0.25, 0.3) is 0 Å². The number of amides is 11. The van der Waals surface area contributed by atoms with Gasteiger partial charge in [0.25, 0.3) is 0 Å². The van der Waals surface area contributed by atoms with Crippen LogP contribution >= 0.6 is 0 Å². The van der Waals surface area contributed by atoms with Crippen molar-refractivity contribution in [2.24, 2.45) is 35.5 Å². The Hall–Kier alpha value is -6.21. The average molecular weight is 1250 g/mol. The maximum atomic E-state index is 15.2. The van der Waals surface area contributed by atoms with Crippen molar-refractivity contribution in [3.05, 3.63) is 12.2 Å². The molecule has 0 unspecified atom stereocenters. The molecule has 1 aliphatic heterocycles. The van der Waals surface area contributed by atoms with Crippen LogP contribution in [-0.4, -0.2) is 249 Å². The van der Waals surface area contributed by atoms with E-state index in [0.717, 1.165) is 19.6 Å². The van der Waals surface area contributed by atoms with Crippen molar-refractivity contribution in [2.45, 2.75) is 234 Å². The number of carbonyl (C=O) groups is 11. The SMILES string of the molecule is C/C=C/C[C@@H](C)[C@@H](O)[C@H]1C(=O)N[C@@H](CC)C(=O)N(C)[C@@H](CO)C(=O)N(C)[C@@H](CC(C)(C)O)C(=O)N[C@@H](C(C)C)C(=O)N(C)[C@@H](CC(C)C)C(=O)N[C@@H](C)C(=O)N[C@H](C)C(=O)N(C)[C@@H](CC(C)C)C(=O)N(C)[C@@H](CC(C)C)C(=O)N(C)[C@@H](C(C)C)C(=O)N1C. The first-order valence-corrected chi connectivity index (χ1v) is 31.2. The van der Waals surface area contributed by atoms with Gasteiger partial charge in [0.2, 0.25) is 65.0 Å². The number of hydrogen-bond acceptors (Lipinski definition) is 14. The Bertz CT molecular complexity index is 2430. The second kappa shape index (κ2) is 35.3.